The molecule has 0 saturated heterocycles. The molecule has 0 unspecified atom stereocenters. The van der Waals surface area contributed by atoms with Crippen molar-refractivity contribution >= 4 is 5.71 Å². The summed E-state index contributed by atoms with van der Waals surface area (Å²) in [6.07, 6.45) is 0. The van der Waals surface area contributed by atoms with Crippen LogP contribution in [0.5, 0.6) is 0 Å². The molecule has 0 aromatic heterocycles. The minimum absolute atomic E-state index is 0.590. The van der Waals surface area contributed by atoms with Gasteiger partial charge >= 0.3 is 0 Å². The van der Waals surface area contributed by atoms with Crippen molar-refractivity contribution < 1.29 is 4.74 Å². The van der Waals surface area contributed by atoms with Crippen molar-refractivity contribution in [1.29, 1.82) is 0 Å². The molecule has 0 rings (SSSR count). The van der Waals surface area contributed by atoms with Crippen molar-refractivity contribution in [2.45, 2.75) is 13.8 Å². The highest BCUT2D eigenvalue weighted by molar-refractivity contribution is 5.83. The first-order chi connectivity index (χ1) is 4.16. The van der Waals surface area contributed by atoms with Crippen molar-refractivity contribution in [3.63, 3.8) is 0 Å². The van der Waals surface area contributed by atoms with E-state index in [-0.39, 0.29) is 0 Å². The second kappa shape index (κ2) is 4.27. The molecule has 2 heteroatoms. The van der Waals surface area contributed by atoms with E-state index in [1.807, 2.05) is 13.8 Å². The van der Waals surface area contributed by atoms with Crippen molar-refractivity contribution in [2.24, 2.45) is 4.99 Å². The van der Waals surface area contributed by atoms with Gasteiger partial charge in [0.15, 0.2) is 0 Å². The third kappa shape index (κ3) is 5.24. The van der Waals surface area contributed by atoms with Gasteiger partial charge in [0.25, 0.3) is 0 Å². The van der Waals surface area contributed by atoms with Crippen LogP contribution in [0.25, 0.3) is 0 Å². The first kappa shape index (κ1) is 8.37. The van der Waals surface area contributed by atoms with Gasteiger partial charge in [0, 0.05) is 18.5 Å². The Morgan fingerprint density at radius 2 is 2.11 bits per heavy atom. The third-order valence-electron chi connectivity index (χ3n) is 0.735. The molecule has 0 aromatic rings. The Hall–Kier alpha value is -0.630. The van der Waals surface area contributed by atoms with Crippen LogP contribution >= 0.6 is 0 Å². The van der Waals surface area contributed by atoms with Gasteiger partial charge in [-0.1, -0.05) is 6.58 Å². The summed E-state index contributed by atoms with van der Waals surface area (Å²) in [7, 11) is 1.65. The molecular formula is C7H13NO. The molecule has 0 spiro atoms. The van der Waals surface area contributed by atoms with E-state index in [2.05, 4.69) is 11.6 Å². The lowest BCUT2D eigenvalue weighted by atomic mass is 10.4. The highest BCUT2D eigenvalue weighted by Crippen LogP contribution is 1.89. The van der Waals surface area contributed by atoms with Crippen LogP contribution in [0.15, 0.2) is 17.3 Å². The largest absolute Gasteiger partial charge is 0.379 e. The highest BCUT2D eigenvalue weighted by Gasteiger charge is 1.86. The van der Waals surface area contributed by atoms with E-state index in [0.717, 1.165) is 11.4 Å². The number of hydrogen-bond donors (Lipinski definition) is 0. The SMILES string of the molecule is C=C(C)N=C(C)COC. The summed E-state index contributed by atoms with van der Waals surface area (Å²) in [5, 5.41) is 0. The second-order valence-corrected chi connectivity index (χ2v) is 2.02. The topological polar surface area (TPSA) is 21.6 Å². The molecule has 0 aliphatic heterocycles. The molecule has 0 radical (unpaired) electrons. The average molecular weight is 127 g/mol. The molecule has 0 aromatic carbocycles. The normalized spacial score (nSPS) is 11.7. The molecule has 0 aliphatic rings. The molecule has 0 aliphatic carbocycles. The molecule has 0 bridgehead atoms. The van der Waals surface area contributed by atoms with Crippen molar-refractivity contribution in [2.75, 3.05) is 13.7 Å². The summed E-state index contributed by atoms with van der Waals surface area (Å²) in [5.74, 6) is 0. The monoisotopic (exact) mass is 127 g/mol. The Balaban J connectivity index is 3.69. The van der Waals surface area contributed by atoms with Crippen LogP contribution in [0.1, 0.15) is 13.8 Å². The summed E-state index contributed by atoms with van der Waals surface area (Å²) < 4.78 is 4.83. The summed E-state index contributed by atoms with van der Waals surface area (Å²) in [4.78, 5) is 4.06. The molecule has 52 valence electrons. The Kier molecular flexibility index (Phi) is 3.97. The molecule has 2 nitrogen and oxygen atoms in total. The van der Waals surface area contributed by atoms with E-state index >= 15 is 0 Å². The van der Waals surface area contributed by atoms with Crippen LogP contribution < -0.4 is 0 Å². The van der Waals surface area contributed by atoms with E-state index in [0.29, 0.717) is 6.61 Å². The standard InChI is InChI=1S/C7H13NO/c1-6(2)8-7(3)5-9-4/h1,5H2,2-4H3. The van der Waals surface area contributed by atoms with Crippen LogP contribution in [0.3, 0.4) is 0 Å². The Morgan fingerprint density at radius 1 is 1.56 bits per heavy atom. The number of rotatable bonds is 3. The minimum atomic E-state index is 0.590. The fourth-order valence-electron chi connectivity index (χ4n) is 0.567. The fraction of sp³-hybridized carbons (Fsp3) is 0.571. The number of hydrogen-bond acceptors (Lipinski definition) is 2. The molecule has 0 atom stereocenters. The fourth-order valence-corrected chi connectivity index (χ4v) is 0.567. The third-order valence-corrected chi connectivity index (χ3v) is 0.735. The number of allylic oxidation sites excluding steroid dienone is 1. The lowest BCUT2D eigenvalue weighted by molar-refractivity contribution is 0.245. The first-order valence-electron chi connectivity index (χ1n) is 2.85. The maximum atomic E-state index is 4.83. The van der Waals surface area contributed by atoms with E-state index in [9.17, 15) is 0 Å². The Labute approximate surface area is 56.2 Å². The van der Waals surface area contributed by atoms with Gasteiger partial charge in [0.2, 0.25) is 0 Å². The summed E-state index contributed by atoms with van der Waals surface area (Å²) in [5.41, 5.74) is 1.79. The lowest BCUT2D eigenvalue weighted by Gasteiger charge is -1.96. The molecule has 0 amide bonds. The van der Waals surface area contributed by atoms with E-state index in [4.69, 9.17) is 4.74 Å². The molecule has 0 fully saturated rings. The van der Waals surface area contributed by atoms with Crippen LogP contribution in [0.2, 0.25) is 0 Å². The number of methoxy groups -OCH3 is 1. The smallest absolute Gasteiger partial charge is 0.0842 e. The van der Waals surface area contributed by atoms with Gasteiger partial charge in [0.05, 0.1) is 6.61 Å². The van der Waals surface area contributed by atoms with Crippen molar-refractivity contribution in [3.05, 3.63) is 12.3 Å². The van der Waals surface area contributed by atoms with Gasteiger partial charge in [-0.3, -0.25) is 4.99 Å². The maximum Gasteiger partial charge on any atom is 0.0842 e. The Bertz CT molecular complexity index is 127. The van der Waals surface area contributed by atoms with Gasteiger partial charge in [-0.15, -0.1) is 0 Å². The molecular weight excluding hydrogens is 114 g/mol. The molecule has 0 saturated carbocycles. The zero-order chi connectivity index (χ0) is 7.28. The molecule has 9 heavy (non-hydrogen) atoms. The maximum absolute atomic E-state index is 4.83. The lowest BCUT2D eigenvalue weighted by Crippen LogP contribution is -2.00. The number of ether oxygens (including phenoxy) is 1. The van der Waals surface area contributed by atoms with Gasteiger partial charge in [-0.25, -0.2) is 0 Å². The zero-order valence-corrected chi connectivity index (χ0v) is 6.27. The van der Waals surface area contributed by atoms with Crippen LogP contribution in [-0.4, -0.2) is 19.4 Å². The summed E-state index contributed by atoms with van der Waals surface area (Å²) in [6, 6.07) is 0. The number of aliphatic imine (C=N–C) groups is 1. The average Bonchev–Trinajstić information content (AvgIpc) is 1.63. The van der Waals surface area contributed by atoms with Crippen molar-refractivity contribution in [3.8, 4) is 0 Å². The van der Waals surface area contributed by atoms with Crippen molar-refractivity contribution in [1.82, 2.24) is 0 Å². The predicted molar refractivity (Wildman–Crippen MR) is 39.8 cm³/mol. The predicted octanol–water partition coefficient (Wildman–Crippen LogP) is 1.63. The van der Waals surface area contributed by atoms with Gasteiger partial charge in [-0.2, -0.15) is 0 Å². The quantitative estimate of drug-likeness (QED) is 0.528. The molecule has 0 N–H and O–H groups in total. The van der Waals surface area contributed by atoms with Crippen LogP contribution in [0.4, 0.5) is 0 Å². The van der Waals surface area contributed by atoms with Crippen LogP contribution in [-0.2, 0) is 4.74 Å². The van der Waals surface area contributed by atoms with Gasteiger partial charge in [0.1, 0.15) is 0 Å². The zero-order valence-electron chi connectivity index (χ0n) is 6.27. The van der Waals surface area contributed by atoms with E-state index < -0.39 is 0 Å². The van der Waals surface area contributed by atoms with Crippen LogP contribution in [0, 0.1) is 0 Å². The minimum Gasteiger partial charge on any atom is -0.379 e. The Morgan fingerprint density at radius 3 is 2.44 bits per heavy atom. The second-order valence-electron chi connectivity index (χ2n) is 2.02. The van der Waals surface area contributed by atoms with Gasteiger partial charge < -0.3 is 4.74 Å². The first-order valence-corrected chi connectivity index (χ1v) is 2.85. The van der Waals surface area contributed by atoms with Gasteiger partial charge in [-0.05, 0) is 13.8 Å². The summed E-state index contributed by atoms with van der Waals surface area (Å²) in [6.45, 7) is 8.00. The van der Waals surface area contributed by atoms with E-state index in [1.54, 1.807) is 7.11 Å². The molecule has 0 heterocycles. The highest BCUT2D eigenvalue weighted by atomic mass is 16.5. The number of nitrogens with zero attached hydrogens (tertiary/aromatic N) is 1. The summed E-state index contributed by atoms with van der Waals surface area (Å²) >= 11 is 0. The van der Waals surface area contributed by atoms with E-state index in [1.165, 1.54) is 0 Å².